The van der Waals surface area contributed by atoms with Crippen LogP contribution >= 0.6 is 0 Å². The van der Waals surface area contributed by atoms with E-state index in [9.17, 15) is 9.50 Å². The van der Waals surface area contributed by atoms with Crippen molar-refractivity contribution in [2.75, 3.05) is 13.2 Å². The van der Waals surface area contributed by atoms with E-state index >= 15 is 0 Å². The lowest BCUT2D eigenvalue weighted by molar-refractivity contribution is -0.129. The lowest BCUT2D eigenvalue weighted by atomic mass is 9.97. The maximum Gasteiger partial charge on any atom is 0.222 e. The predicted molar refractivity (Wildman–Crippen MR) is 67.2 cm³/mol. The third-order valence-corrected chi connectivity index (χ3v) is 3.17. The molecule has 1 aliphatic heterocycles. The molecular formula is C15H13FO3. The van der Waals surface area contributed by atoms with Crippen LogP contribution in [0.3, 0.4) is 0 Å². The van der Waals surface area contributed by atoms with Crippen LogP contribution in [0.1, 0.15) is 11.1 Å². The van der Waals surface area contributed by atoms with Crippen LogP contribution in [0.15, 0.2) is 48.5 Å². The highest BCUT2D eigenvalue weighted by Crippen LogP contribution is 2.38. The van der Waals surface area contributed by atoms with Gasteiger partial charge < -0.3 is 14.6 Å². The van der Waals surface area contributed by atoms with Crippen molar-refractivity contribution < 1.29 is 19.0 Å². The summed E-state index contributed by atoms with van der Waals surface area (Å²) in [7, 11) is 0. The Morgan fingerprint density at radius 2 is 1.32 bits per heavy atom. The van der Waals surface area contributed by atoms with E-state index in [1.807, 2.05) is 0 Å². The molecule has 0 aromatic heterocycles. The van der Waals surface area contributed by atoms with Crippen molar-refractivity contribution in [2.24, 2.45) is 0 Å². The number of hydrogen-bond acceptors (Lipinski definition) is 3. The Hall–Kier alpha value is -1.91. The van der Waals surface area contributed by atoms with E-state index in [-0.39, 0.29) is 11.6 Å². The zero-order valence-electron chi connectivity index (χ0n) is 10.2. The van der Waals surface area contributed by atoms with Crippen LogP contribution in [-0.2, 0) is 15.3 Å². The monoisotopic (exact) mass is 260 g/mol. The first-order chi connectivity index (χ1) is 9.21. The van der Waals surface area contributed by atoms with Gasteiger partial charge in [-0.3, -0.25) is 0 Å². The van der Waals surface area contributed by atoms with Gasteiger partial charge in [-0.1, -0.05) is 12.1 Å². The molecule has 1 N–H and O–H groups in total. The Kier molecular flexibility index (Phi) is 2.97. The lowest BCUT2D eigenvalue weighted by Gasteiger charge is -2.28. The number of benzene rings is 2. The Labute approximate surface area is 110 Å². The maximum atomic E-state index is 13.0. The SMILES string of the molecule is Oc1ccc(C2(c3ccc(F)cc3)OCCO2)cc1. The minimum atomic E-state index is -1.01. The molecule has 0 spiro atoms. The van der Waals surface area contributed by atoms with Crippen molar-refractivity contribution in [1.29, 1.82) is 0 Å². The van der Waals surface area contributed by atoms with Crippen LogP contribution in [0.25, 0.3) is 0 Å². The van der Waals surface area contributed by atoms with Gasteiger partial charge in [0.2, 0.25) is 5.79 Å². The Morgan fingerprint density at radius 3 is 1.84 bits per heavy atom. The van der Waals surface area contributed by atoms with Crippen molar-refractivity contribution in [3.8, 4) is 5.75 Å². The van der Waals surface area contributed by atoms with Gasteiger partial charge >= 0.3 is 0 Å². The lowest BCUT2D eigenvalue weighted by Crippen LogP contribution is -2.28. The van der Waals surface area contributed by atoms with E-state index in [1.54, 1.807) is 36.4 Å². The molecule has 19 heavy (non-hydrogen) atoms. The molecule has 0 unspecified atom stereocenters. The van der Waals surface area contributed by atoms with E-state index in [0.717, 1.165) is 11.1 Å². The molecule has 1 saturated heterocycles. The summed E-state index contributed by atoms with van der Waals surface area (Å²) in [5, 5.41) is 9.36. The fourth-order valence-electron chi connectivity index (χ4n) is 2.26. The van der Waals surface area contributed by atoms with Gasteiger partial charge in [-0.25, -0.2) is 4.39 Å². The van der Waals surface area contributed by atoms with Gasteiger partial charge in [0, 0.05) is 11.1 Å². The number of phenolic OH excluding ortho intramolecular Hbond substituents is 1. The van der Waals surface area contributed by atoms with Gasteiger partial charge in [0.15, 0.2) is 0 Å². The molecule has 3 nitrogen and oxygen atoms in total. The van der Waals surface area contributed by atoms with Gasteiger partial charge in [-0.15, -0.1) is 0 Å². The van der Waals surface area contributed by atoms with Crippen LogP contribution in [-0.4, -0.2) is 18.3 Å². The highest BCUT2D eigenvalue weighted by molar-refractivity contribution is 5.37. The first-order valence-electron chi connectivity index (χ1n) is 6.04. The van der Waals surface area contributed by atoms with Gasteiger partial charge in [-0.2, -0.15) is 0 Å². The third kappa shape index (κ3) is 2.09. The van der Waals surface area contributed by atoms with Crippen LogP contribution in [0, 0.1) is 5.82 Å². The van der Waals surface area contributed by atoms with Crippen LogP contribution < -0.4 is 0 Å². The van der Waals surface area contributed by atoms with Crippen LogP contribution in [0.4, 0.5) is 4.39 Å². The summed E-state index contributed by atoms with van der Waals surface area (Å²) in [6.07, 6.45) is 0. The quantitative estimate of drug-likeness (QED) is 0.902. The Balaban J connectivity index is 2.08. The van der Waals surface area contributed by atoms with Crippen molar-refractivity contribution in [3.63, 3.8) is 0 Å². The first kappa shape index (κ1) is 12.1. The summed E-state index contributed by atoms with van der Waals surface area (Å²) in [5.41, 5.74) is 1.51. The zero-order chi connectivity index (χ0) is 13.3. The maximum absolute atomic E-state index is 13.0. The highest BCUT2D eigenvalue weighted by Gasteiger charge is 2.40. The molecule has 1 aliphatic rings. The van der Waals surface area contributed by atoms with Crippen LogP contribution in [0.5, 0.6) is 5.75 Å². The fraction of sp³-hybridized carbons (Fsp3) is 0.200. The number of halogens is 1. The van der Waals surface area contributed by atoms with E-state index in [0.29, 0.717) is 13.2 Å². The topological polar surface area (TPSA) is 38.7 Å². The van der Waals surface area contributed by atoms with Gasteiger partial charge in [0.25, 0.3) is 0 Å². The second-order valence-corrected chi connectivity index (χ2v) is 4.37. The van der Waals surface area contributed by atoms with Crippen molar-refractivity contribution in [2.45, 2.75) is 5.79 Å². The number of rotatable bonds is 2. The van der Waals surface area contributed by atoms with E-state index in [1.165, 1.54) is 12.1 Å². The molecule has 0 amide bonds. The molecule has 0 saturated carbocycles. The number of hydrogen-bond donors (Lipinski definition) is 1. The summed E-state index contributed by atoms with van der Waals surface area (Å²) in [6, 6.07) is 12.7. The number of phenols is 1. The van der Waals surface area contributed by atoms with Gasteiger partial charge in [-0.05, 0) is 36.4 Å². The summed E-state index contributed by atoms with van der Waals surface area (Å²) in [5.74, 6) is -1.14. The molecule has 4 heteroatoms. The molecule has 0 bridgehead atoms. The molecule has 3 rings (SSSR count). The highest BCUT2D eigenvalue weighted by atomic mass is 19.1. The molecule has 1 heterocycles. The molecule has 0 radical (unpaired) electrons. The molecular weight excluding hydrogens is 247 g/mol. The van der Waals surface area contributed by atoms with E-state index in [4.69, 9.17) is 9.47 Å². The molecule has 2 aromatic rings. The largest absolute Gasteiger partial charge is 0.508 e. The van der Waals surface area contributed by atoms with Crippen molar-refractivity contribution in [3.05, 3.63) is 65.5 Å². The number of aromatic hydroxyl groups is 1. The smallest absolute Gasteiger partial charge is 0.222 e. The predicted octanol–water partition coefficient (Wildman–Crippen LogP) is 2.78. The molecule has 1 fully saturated rings. The van der Waals surface area contributed by atoms with Crippen LogP contribution in [0.2, 0.25) is 0 Å². The summed E-state index contributed by atoms with van der Waals surface area (Å²) in [4.78, 5) is 0. The Morgan fingerprint density at radius 1 is 0.842 bits per heavy atom. The average molecular weight is 260 g/mol. The minimum absolute atomic E-state index is 0.177. The molecule has 0 aliphatic carbocycles. The zero-order valence-corrected chi connectivity index (χ0v) is 10.2. The summed E-state index contributed by atoms with van der Waals surface area (Å²) in [6.45, 7) is 0.941. The van der Waals surface area contributed by atoms with Crippen molar-refractivity contribution in [1.82, 2.24) is 0 Å². The van der Waals surface area contributed by atoms with E-state index in [2.05, 4.69) is 0 Å². The number of ether oxygens (including phenoxy) is 2. The third-order valence-electron chi connectivity index (χ3n) is 3.17. The van der Waals surface area contributed by atoms with Crippen molar-refractivity contribution >= 4 is 0 Å². The molecule has 0 atom stereocenters. The summed E-state index contributed by atoms with van der Waals surface area (Å²) < 4.78 is 24.6. The molecule has 2 aromatic carbocycles. The Bertz CT molecular complexity index is 509. The van der Waals surface area contributed by atoms with Gasteiger partial charge in [0.1, 0.15) is 11.6 Å². The molecule has 98 valence electrons. The second kappa shape index (κ2) is 4.64. The standard InChI is InChI=1S/C15H13FO3/c16-13-5-1-11(2-6-13)15(18-9-10-19-15)12-3-7-14(17)8-4-12/h1-8,17H,9-10H2. The van der Waals surface area contributed by atoms with E-state index < -0.39 is 5.79 Å². The summed E-state index contributed by atoms with van der Waals surface area (Å²) >= 11 is 0. The average Bonchev–Trinajstić information content (AvgIpc) is 2.91. The van der Waals surface area contributed by atoms with Gasteiger partial charge in [0.05, 0.1) is 13.2 Å². The second-order valence-electron chi connectivity index (χ2n) is 4.37. The minimum Gasteiger partial charge on any atom is -0.508 e. The first-order valence-corrected chi connectivity index (χ1v) is 6.04. The normalized spacial score (nSPS) is 17.5. The fourth-order valence-corrected chi connectivity index (χ4v) is 2.26.